The third-order valence-corrected chi connectivity index (χ3v) is 6.53. The molecule has 5 rings (SSSR count). The first-order valence-corrected chi connectivity index (χ1v) is 11.1. The van der Waals surface area contributed by atoms with Crippen LogP contribution in [0.4, 0.5) is 19.3 Å². The fourth-order valence-corrected chi connectivity index (χ4v) is 5.02. The van der Waals surface area contributed by atoms with Crippen molar-refractivity contribution in [2.75, 3.05) is 11.9 Å². The number of carbonyl (C=O) groups excluding carboxylic acids is 1. The van der Waals surface area contributed by atoms with Gasteiger partial charge in [0, 0.05) is 41.2 Å². The number of hydrogen-bond donors (Lipinski definition) is 1. The summed E-state index contributed by atoms with van der Waals surface area (Å²) in [5.41, 5.74) is 2.40. The number of benzene rings is 1. The smallest absolute Gasteiger partial charge is 0.322 e. The third-order valence-electron chi connectivity index (χ3n) is 6.21. The van der Waals surface area contributed by atoms with Crippen LogP contribution in [0.3, 0.4) is 0 Å². The van der Waals surface area contributed by atoms with Crippen molar-refractivity contribution in [3.05, 3.63) is 70.6 Å². The second-order valence-corrected chi connectivity index (χ2v) is 8.50. The SMILES string of the molecule is CCOc1ccc(-c2cc(F)c(NC(=O)N3[C@H]4CC[C@@H]3c3ccnc(F)c3C4)cc2Cl)cn1. The summed E-state index contributed by atoms with van der Waals surface area (Å²) < 4.78 is 34.4. The van der Waals surface area contributed by atoms with Crippen molar-refractivity contribution in [3.8, 4) is 17.0 Å². The van der Waals surface area contributed by atoms with Crippen molar-refractivity contribution in [1.29, 1.82) is 0 Å². The Bertz CT molecular complexity index is 1220. The lowest BCUT2D eigenvalue weighted by Crippen LogP contribution is -2.44. The average Bonchev–Trinajstić information content (AvgIpc) is 3.12. The molecule has 3 aromatic rings. The molecule has 0 radical (unpaired) electrons. The number of hydrogen-bond acceptors (Lipinski definition) is 4. The summed E-state index contributed by atoms with van der Waals surface area (Å²) in [5, 5.41) is 2.93. The van der Waals surface area contributed by atoms with Crippen molar-refractivity contribution >= 4 is 23.3 Å². The molecule has 1 N–H and O–H groups in total. The molecule has 1 saturated heterocycles. The summed E-state index contributed by atoms with van der Waals surface area (Å²) in [5.74, 6) is -0.631. The van der Waals surface area contributed by atoms with Gasteiger partial charge in [0.15, 0.2) is 0 Å². The summed E-state index contributed by atoms with van der Waals surface area (Å²) in [6, 6.07) is 7.00. The standard InChI is InChI=1S/C24H21ClF2N4O2/c1-2-33-22-6-3-13(12-29-22)16-10-19(26)20(11-18(16)25)30-24(32)31-14-4-5-21(31)15-7-8-28-23(27)17(15)9-14/h3,6-8,10-12,14,21H,2,4-5,9H2,1H3,(H,30,32)/t14-,21+/m0/s1. The van der Waals surface area contributed by atoms with E-state index in [-0.39, 0.29) is 22.8 Å². The fraction of sp³-hybridized carbons (Fsp3) is 0.292. The van der Waals surface area contributed by atoms with E-state index in [4.69, 9.17) is 16.3 Å². The molecular formula is C24H21ClF2N4O2. The molecule has 0 unspecified atom stereocenters. The highest BCUT2D eigenvalue weighted by molar-refractivity contribution is 6.33. The van der Waals surface area contributed by atoms with Crippen LogP contribution < -0.4 is 10.1 Å². The van der Waals surface area contributed by atoms with Gasteiger partial charge in [0.2, 0.25) is 11.8 Å². The lowest BCUT2D eigenvalue weighted by molar-refractivity contribution is 0.178. The molecule has 33 heavy (non-hydrogen) atoms. The van der Waals surface area contributed by atoms with Crippen molar-refractivity contribution in [2.45, 2.75) is 38.3 Å². The number of ether oxygens (including phenoxy) is 1. The van der Waals surface area contributed by atoms with E-state index in [1.807, 2.05) is 6.92 Å². The molecule has 2 aromatic heterocycles. The first kappa shape index (κ1) is 21.6. The number of rotatable bonds is 4. The monoisotopic (exact) mass is 470 g/mol. The van der Waals surface area contributed by atoms with Crippen molar-refractivity contribution in [1.82, 2.24) is 14.9 Å². The van der Waals surface area contributed by atoms with Crippen molar-refractivity contribution in [3.63, 3.8) is 0 Å². The predicted octanol–water partition coefficient (Wildman–Crippen LogP) is 5.77. The summed E-state index contributed by atoms with van der Waals surface area (Å²) >= 11 is 6.42. The molecule has 9 heteroatoms. The van der Waals surface area contributed by atoms with Crippen LogP contribution in [-0.2, 0) is 6.42 Å². The Kier molecular flexibility index (Phi) is 5.62. The summed E-state index contributed by atoms with van der Waals surface area (Å²) in [7, 11) is 0. The zero-order chi connectivity index (χ0) is 23.1. The number of nitrogens with zero attached hydrogens (tertiary/aromatic N) is 3. The maximum atomic E-state index is 15.0. The lowest BCUT2D eigenvalue weighted by Gasteiger charge is -2.36. The number of nitrogens with one attached hydrogen (secondary N) is 1. The molecule has 6 nitrogen and oxygen atoms in total. The molecule has 170 valence electrons. The van der Waals surface area contributed by atoms with E-state index in [0.717, 1.165) is 18.4 Å². The zero-order valence-corrected chi connectivity index (χ0v) is 18.6. The first-order valence-electron chi connectivity index (χ1n) is 10.8. The van der Waals surface area contributed by atoms with Crippen LogP contribution in [0.5, 0.6) is 5.88 Å². The van der Waals surface area contributed by atoms with Crippen molar-refractivity contribution in [2.24, 2.45) is 0 Å². The summed E-state index contributed by atoms with van der Waals surface area (Å²) in [6.07, 6.45) is 4.84. The van der Waals surface area contributed by atoms with Crippen LogP contribution in [0.25, 0.3) is 11.1 Å². The van der Waals surface area contributed by atoms with Gasteiger partial charge in [-0.3, -0.25) is 0 Å². The quantitative estimate of drug-likeness (QED) is 0.492. The molecule has 1 aromatic carbocycles. The maximum absolute atomic E-state index is 15.0. The van der Waals surface area contributed by atoms with Gasteiger partial charge < -0.3 is 15.0 Å². The number of anilines is 1. The van der Waals surface area contributed by atoms with Gasteiger partial charge >= 0.3 is 6.03 Å². The Labute approximate surface area is 194 Å². The summed E-state index contributed by atoms with van der Waals surface area (Å²) in [6.45, 7) is 2.35. The van der Waals surface area contributed by atoms with Gasteiger partial charge in [-0.15, -0.1) is 0 Å². The number of aromatic nitrogens is 2. The Morgan fingerprint density at radius 1 is 1.24 bits per heavy atom. The van der Waals surface area contributed by atoms with Crippen LogP contribution >= 0.6 is 11.6 Å². The first-order chi connectivity index (χ1) is 16.0. The number of amides is 2. The van der Waals surface area contributed by atoms with Crippen LogP contribution in [0, 0.1) is 11.8 Å². The highest BCUT2D eigenvalue weighted by atomic mass is 35.5. The van der Waals surface area contributed by atoms with Gasteiger partial charge in [-0.25, -0.2) is 19.2 Å². The Morgan fingerprint density at radius 3 is 2.85 bits per heavy atom. The van der Waals surface area contributed by atoms with Crippen molar-refractivity contribution < 1.29 is 18.3 Å². The number of pyridine rings is 2. The van der Waals surface area contributed by atoms with Gasteiger partial charge in [0.25, 0.3) is 0 Å². The molecule has 2 bridgehead atoms. The molecule has 2 aliphatic rings. The minimum atomic E-state index is -0.614. The molecule has 0 saturated carbocycles. The molecule has 0 spiro atoms. The van der Waals surface area contributed by atoms with Gasteiger partial charge in [0.05, 0.1) is 23.4 Å². The van der Waals surface area contributed by atoms with E-state index in [1.54, 1.807) is 29.3 Å². The minimum absolute atomic E-state index is 0.0150. The highest BCUT2D eigenvalue weighted by Gasteiger charge is 2.43. The maximum Gasteiger partial charge on any atom is 0.322 e. The third kappa shape index (κ3) is 3.88. The van der Waals surface area contributed by atoms with Gasteiger partial charge in [-0.05, 0) is 56.0 Å². The Balaban J connectivity index is 1.38. The molecule has 2 atom stereocenters. The van der Waals surface area contributed by atoms with Crippen LogP contribution in [0.15, 0.2) is 42.7 Å². The Morgan fingerprint density at radius 2 is 2.09 bits per heavy atom. The second kappa shape index (κ2) is 8.59. The van der Waals surface area contributed by atoms with Gasteiger partial charge in [-0.2, -0.15) is 4.39 Å². The number of fused-ring (bicyclic) bond motifs is 4. The van der Waals surface area contributed by atoms with Gasteiger partial charge in [-0.1, -0.05) is 11.6 Å². The molecule has 0 aliphatic carbocycles. The lowest BCUT2D eigenvalue weighted by atomic mass is 9.95. The van der Waals surface area contributed by atoms with E-state index in [1.165, 1.54) is 18.3 Å². The number of urea groups is 1. The molecule has 2 amide bonds. The van der Waals surface area contributed by atoms with E-state index in [2.05, 4.69) is 15.3 Å². The zero-order valence-electron chi connectivity index (χ0n) is 17.8. The molecule has 4 heterocycles. The van der Waals surface area contributed by atoms with E-state index >= 15 is 0 Å². The topological polar surface area (TPSA) is 67.3 Å². The van der Waals surface area contributed by atoms with Crippen LogP contribution in [0.1, 0.15) is 36.9 Å². The normalized spacial score (nSPS) is 18.7. The minimum Gasteiger partial charge on any atom is -0.478 e. The number of carbonyl (C=O) groups is 1. The largest absolute Gasteiger partial charge is 0.478 e. The van der Waals surface area contributed by atoms with Gasteiger partial charge in [0.1, 0.15) is 5.82 Å². The van der Waals surface area contributed by atoms with E-state index in [9.17, 15) is 13.6 Å². The number of halogens is 3. The molecular weight excluding hydrogens is 450 g/mol. The predicted molar refractivity (Wildman–Crippen MR) is 120 cm³/mol. The molecule has 2 aliphatic heterocycles. The van der Waals surface area contributed by atoms with E-state index in [0.29, 0.717) is 35.6 Å². The molecule has 1 fully saturated rings. The summed E-state index contributed by atoms with van der Waals surface area (Å²) in [4.78, 5) is 22.7. The van der Waals surface area contributed by atoms with E-state index < -0.39 is 17.8 Å². The average molecular weight is 471 g/mol. The fourth-order valence-electron chi connectivity index (χ4n) is 4.74. The highest BCUT2D eigenvalue weighted by Crippen LogP contribution is 2.44. The van der Waals surface area contributed by atoms with Crippen LogP contribution in [0.2, 0.25) is 5.02 Å². The van der Waals surface area contributed by atoms with Crippen LogP contribution in [-0.4, -0.2) is 33.5 Å². The second-order valence-electron chi connectivity index (χ2n) is 8.09. The Hall–Kier alpha value is -3.26.